The third-order valence-electron chi connectivity index (χ3n) is 5.37. The molecule has 7 nitrogen and oxygen atoms in total. The van der Waals surface area contributed by atoms with Gasteiger partial charge in [0.1, 0.15) is 5.65 Å². The molecule has 0 aromatic carbocycles. The van der Waals surface area contributed by atoms with Gasteiger partial charge in [-0.15, -0.1) is 0 Å². The molecule has 1 fully saturated rings. The van der Waals surface area contributed by atoms with Crippen LogP contribution in [0.2, 0.25) is 0 Å². The minimum atomic E-state index is -0.894. The van der Waals surface area contributed by atoms with Gasteiger partial charge < -0.3 is 10.1 Å². The van der Waals surface area contributed by atoms with E-state index in [1.54, 1.807) is 4.68 Å². The molecule has 1 aliphatic carbocycles. The first-order valence-electron chi connectivity index (χ1n) is 8.75. The molecule has 0 saturated carbocycles. The molecule has 2 aromatic heterocycles. The Morgan fingerprint density at radius 1 is 1.29 bits per heavy atom. The molecule has 1 unspecified atom stereocenters. The highest BCUT2D eigenvalue weighted by Crippen LogP contribution is 2.37. The van der Waals surface area contributed by atoms with Crippen LogP contribution in [0.1, 0.15) is 55.5 Å². The molecule has 1 atom stereocenters. The summed E-state index contributed by atoms with van der Waals surface area (Å²) in [6, 6.07) is -0.213. The van der Waals surface area contributed by atoms with E-state index in [2.05, 4.69) is 4.98 Å². The summed E-state index contributed by atoms with van der Waals surface area (Å²) in [5.74, 6) is 0. The number of carboxylic acid groups (broad SMARTS) is 1. The molecule has 1 saturated heterocycles. The van der Waals surface area contributed by atoms with E-state index in [1.165, 1.54) is 4.90 Å². The summed E-state index contributed by atoms with van der Waals surface area (Å²) in [6.07, 6.45) is 4.51. The molecule has 3 heterocycles. The predicted molar refractivity (Wildman–Crippen MR) is 89.4 cm³/mol. The SMILES string of the molecule is CCn1nc(C2CCCN2C(=O)O)c2c3c(c(=O)[nH]c21)CCCC3. The average Bonchev–Trinajstić information content (AvgIpc) is 3.19. The van der Waals surface area contributed by atoms with E-state index < -0.39 is 6.09 Å². The second-order valence-corrected chi connectivity index (χ2v) is 6.68. The highest BCUT2D eigenvalue weighted by molar-refractivity contribution is 5.84. The van der Waals surface area contributed by atoms with E-state index in [0.717, 1.165) is 66.4 Å². The zero-order valence-electron chi connectivity index (χ0n) is 13.8. The van der Waals surface area contributed by atoms with E-state index >= 15 is 0 Å². The van der Waals surface area contributed by atoms with Gasteiger partial charge in [0.15, 0.2) is 0 Å². The average molecular weight is 330 g/mol. The first-order valence-corrected chi connectivity index (χ1v) is 8.75. The van der Waals surface area contributed by atoms with Gasteiger partial charge in [-0.25, -0.2) is 9.48 Å². The summed E-state index contributed by atoms with van der Waals surface area (Å²) >= 11 is 0. The summed E-state index contributed by atoms with van der Waals surface area (Å²) in [5, 5.41) is 15.2. The molecule has 0 bridgehead atoms. The Hall–Kier alpha value is -2.31. The van der Waals surface area contributed by atoms with Crippen molar-refractivity contribution in [2.24, 2.45) is 0 Å². The normalized spacial score (nSPS) is 20.5. The lowest BCUT2D eigenvalue weighted by Crippen LogP contribution is -2.29. The zero-order chi connectivity index (χ0) is 16.8. The van der Waals surface area contributed by atoms with Crippen LogP contribution in [0.25, 0.3) is 11.0 Å². The summed E-state index contributed by atoms with van der Waals surface area (Å²) < 4.78 is 1.80. The zero-order valence-corrected chi connectivity index (χ0v) is 13.8. The summed E-state index contributed by atoms with van der Waals surface area (Å²) in [7, 11) is 0. The van der Waals surface area contributed by atoms with E-state index in [4.69, 9.17) is 5.10 Å². The van der Waals surface area contributed by atoms with Gasteiger partial charge in [-0.05, 0) is 51.0 Å². The van der Waals surface area contributed by atoms with E-state index in [-0.39, 0.29) is 11.6 Å². The molecule has 1 amide bonds. The summed E-state index contributed by atoms with van der Waals surface area (Å²) in [4.78, 5) is 28.5. The Morgan fingerprint density at radius 3 is 2.75 bits per heavy atom. The lowest BCUT2D eigenvalue weighted by molar-refractivity contribution is 0.139. The van der Waals surface area contributed by atoms with Gasteiger partial charge in [-0.3, -0.25) is 9.69 Å². The van der Waals surface area contributed by atoms with Gasteiger partial charge in [0, 0.05) is 24.0 Å². The molecule has 4 rings (SSSR count). The van der Waals surface area contributed by atoms with E-state index in [0.29, 0.717) is 13.1 Å². The number of aromatic nitrogens is 3. The molecule has 7 heteroatoms. The van der Waals surface area contributed by atoms with E-state index in [1.807, 2.05) is 6.92 Å². The molecule has 24 heavy (non-hydrogen) atoms. The van der Waals surface area contributed by atoms with Gasteiger partial charge in [-0.1, -0.05) is 0 Å². The molecular weight excluding hydrogens is 308 g/mol. The van der Waals surface area contributed by atoms with Crippen LogP contribution in [0, 0.1) is 0 Å². The second kappa shape index (κ2) is 5.65. The summed E-state index contributed by atoms with van der Waals surface area (Å²) in [6.45, 7) is 3.18. The van der Waals surface area contributed by atoms with Crippen LogP contribution in [-0.2, 0) is 19.4 Å². The molecule has 2 aromatic rings. The van der Waals surface area contributed by atoms with Crippen molar-refractivity contribution in [2.45, 2.75) is 58.0 Å². The second-order valence-electron chi connectivity index (χ2n) is 6.68. The van der Waals surface area contributed by atoms with Gasteiger partial charge in [0.05, 0.1) is 11.7 Å². The lowest BCUT2D eigenvalue weighted by Gasteiger charge is -2.21. The maximum atomic E-state index is 12.4. The first kappa shape index (κ1) is 15.2. The number of pyridine rings is 1. The molecule has 2 aliphatic rings. The Labute approximate surface area is 139 Å². The number of carbonyl (C=O) groups is 1. The Bertz CT molecular complexity index is 867. The maximum Gasteiger partial charge on any atom is 0.407 e. The van der Waals surface area contributed by atoms with Gasteiger partial charge in [-0.2, -0.15) is 5.10 Å². The largest absolute Gasteiger partial charge is 0.465 e. The fourth-order valence-electron chi connectivity index (χ4n) is 4.26. The van der Waals surface area contributed by atoms with Crippen molar-refractivity contribution < 1.29 is 9.90 Å². The number of amides is 1. The van der Waals surface area contributed by atoms with Gasteiger partial charge in [0.25, 0.3) is 5.56 Å². The van der Waals surface area contributed by atoms with Crippen LogP contribution in [0.15, 0.2) is 4.79 Å². The molecule has 0 spiro atoms. The quantitative estimate of drug-likeness (QED) is 0.885. The van der Waals surface area contributed by atoms with Gasteiger partial charge >= 0.3 is 6.09 Å². The highest BCUT2D eigenvalue weighted by atomic mass is 16.4. The fraction of sp³-hybridized carbons (Fsp3) is 0.588. The molecule has 1 aliphatic heterocycles. The fourth-order valence-corrected chi connectivity index (χ4v) is 4.26. The number of aryl methyl sites for hydroxylation is 2. The van der Waals surface area contributed by atoms with Crippen molar-refractivity contribution in [1.82, 2.24) is 19.7 Å². The van der Waals surface area contributed by atoms with Crippen molar-refractivity contribution in [3.8, 4) is 0 Å². The van der Waals surface area contributed by atoms with Crippen LogP contribution >= 0.6 is 0 Å². The van der Waals surface area contributed by atoms with Crippen molar-refractivity contribution in [3.05, 3.63) is 27.2 Å². The molecular formula is C17H22N4O3. The Morgan fingerprint density at radius 2 is 2.04 bits per heavy atom. The highest BCUT2D eigenvalue weighted by Gasteiger charge is 2.35. The number of aromatic amines is 1. The van der Waals surface area contributed by atoms with Gasteiger partial charge in [0.2, 0.25) is 0 Å². The van der Waals surface area contributed by atoms with Crippen molar-refractivity contribution in [3.63, 3.8) is 0 Å². The molecule has 2 N–H and O–H groups in total. The number of nitrogens with zero attached hydrogens (tertiary/aromatic N) is 3. The number of nitrogens with one attached hydrogen (secondary N) is 1. The Kier molecular flexibility index (Phi) is 3.58. The number of hydrogen-bond acceptors (Lipinski definition) is 3. The number of H-pyrrole nitrogens is 1. The van der Waals surface area contributed by atoms with E-state index in [9.17, 15) is 14.7 Å². The van der Waals surface area contributed by atoms with Crippen molar-refractivity contribution in [1.29, 1.82) is 0 Å². The molecule has 128 valence electrons. The number of hydrogen-bond donors (Lipinski definition) is 2. The third-order valence-corrected chi connectivity index (χ3v) is 5.37. The number of rotatable bonds is 2. The number of likely N-dealkylation sites (tertiary alicyclic amines) is 1. The first-order chi connectivity index (χ1) is 11.6. The minimum Gasteiger partial charge on any atom is -0.465 e. The van der Waals surface area contributed by atoms with Crippen LogP contribution in [-0.4, -0.2) is 37.4 Å². The standard InChI is InChI=1S/C17H22N4O3/c1-2-21-15-13(10-6-3-4-7-11(10)16(22)18-15)14(19-21)12-8-5-9-20(12)17(23)24/h12H,2-9H2,1H3,(H,18,22)(H,23,24). The van der Waals surface area contributed by atoms with Crippen LogP contribution in [0.5, 0.6) is 0 Å². The number of fused-ring (bicyclic) bond motifs is 3. The topological polar surface area (TPSA) is 91.2 Å². The monoisotopic (exact) mass is 330 g/mol. The minimum absolute atomic E-state index is 0.0140. The smallest absolute Gasteiger partial charge is 0.407 e. The van der Waals surface area contributed by atoms with Crippen LogP contribution in [0.3, 0.4) is 0 Å². The third kappa shape index (κ3) is 2.14. The predicted octanol–water partition coefficient (Wildman–Crippen LogP) is 2.44. The lowest BCUT2D eigenvalue weighted by atomic mass is 9.89. The maximum absolute atomic E-state index is 12.4. The van der Waals surface area contributed by atoms with Crippen LogP contribution < -0.4 is 5.56 Å². The summed E-state index contributed by atoms with van der Waals surface area (Å²) in [5.41, 5.74) is 3.51. The molecule has 0 radical (unpaired) electrons. The van der Waals surface area contributed by atoms with Crippen LogP contribution in [0.4, 0.5) is 4.79 Å². The van der Waals surface area contributed by atoms with Crippen molar-refractivity contribution >= 4 is 17.1 Å². The van der Waals surface area contributed by atoms with Crippen molar-refractivity contribution in [2.75, 3.05) is 6.54 Å². The Balaban J connectivity index is 1.99.